The van der Waals surface area contributed by atoms with Crippen LogP contribution in [0.3, 0.4) is 0 Å². The van der Waals surface area contributed by atoms with Crippen LogP contribution in [0.1, 0.15) is 65.1 Å². The van der Waals surface area contributed by atoms with E-state index in [9.17, 15) is 24.3 Å². The van der Waals surface area contributed by atoms with Gasteiger partial charge < -0.3 is 26.4 Å². The summed E-state index contributed by atoms with van der Waals surface area (Å²) in [5.74, 6) is -2.41. The minimum Gasteiger partial charge on any atom is -0.481 e. The monoisotopic (exact) mass is 521 g/mol. The molecule has 2 unspecified atom stereocenters. The maximum atomic E-state index is 13.2. The number of ketones is 1. The highest BCUT2D eigenvalue weighted by Crippen LogP contribution is 2.13. The van der Waals surface area contributed by atoms with Gasteiger partial charge in [-0.3, -0.25) is 28.6 Å². The van der Waals surface area contributed by atoms with Crippen molar-refractivity contribution in [1.82, 2.24) is 19.8 Å². The molecular formula is C24H39N7O6. The molecule has 1 aromatic heterocycles. The van der Waals surface area contributed by atoms with Crippen molar-refractivity contribution in [2.75, 3.05) is 32.0 Å². The van der Waals surface area contributed by atoms with Gasteiger partial charge in [-0.25, -0.2) is 4.98 Å². The molecule has 0 saturated carbocycles. The van der Waals surface area contributed by atoms with Gasteiger partial charge in [0.1, 0.15) is 11.8 Å². The summed E-state index contributed by atoms with van der Waals surface area (Å²) in [6, 6.07) is -2.28. The number of carboxylic acid groups (broad SMARTS) is 1. The van der Waals surface area contributed by atoms with Gasteiger partial charge in [-0.1, -0.05) is 32.3 Å². The zero-order chi connectivity index (χ0) is 28.1. The Kier molecular flexibility index (Phi) is 13.2. The second kappa shape index (κ2) is 15.5. The zero-order valence-electron chi connectivity index (χ0n) is 22.2. The molecule has 0 aliphatic rings. The maximum absolute atomic E-state index is 13.2. The topological polar surface area (TPSA) is 190 Å². The van der Waals surface area contributed by atoms with Gasteiger partial charge >= 0.3 is 5.97 Å². The van der Waals surface area contributed by atoms with E-state index in [0.29, 0.717) is 18.7 Å². The number of nitrogens with one attached hydrogen (secondary N) is 3. The first kappa shape index (κ1) is 31.4. The quantitative estimate of drug-likeness (QED) is 0.114. The van der Waals surface area contributed by atoms with E-state index in [2.05, 4.69) is 20.8 Å². The fraction of sp³-hybridized carbons (Fsp3) is 0.625. The van der Waals surface area contributed by atoms with Crippen LogP contribution >= 0.6 is 0 Å². The number of amides is 1. The molecule has 0 fully saturated rings. The molecule has 5 N–H and O–H groups in total. The third-order valence-corrected chi connectivity index (χ3v) is 5.75. The number of unbranched alkanes of at least 4 members (excludes halogenated alkanes) is 1. The molecular weight excluding hydrogens is 482 g/mol. The predicted molar refractivity (Wildman–Crippen MR) is 140 cm³/mol. The van der Waals surface area contributed by atoms with E-state index in [0.717, 1.165) is 12.8 Å². The number of nitrogens with zero attached hydrogens (tertiary/aromatic N) is 4. The van der Waals surface area contributed by atoms with Crippen molar-refractivity contribution in [2.45, 2.75) is 71.9 Å². The van der Waals surface area contributed by atoms with Crippen LogP contribution in [0.25, 0.3) is 0 Å². The zero-order valence-corrected chi connectivity index (χ0v) is 22.2. The van der Waals surface area contributed by atoms with Gasteiger partial charge in [0.05, 0.1) is 37.0 Å². The van der Waals surface area contributed by atoms with Crippen LogP contribution in [0.5, 0.6) is 0 Å². The van der Waals surface area contributed by atoms with E-state index in [4.69, 9.17) is 10.6 Å². The number of aryl methyl sites for hydroxylation is 1. The van der Waals surface area contributed by atoms with Gasteiger partial charge in [0, 0.05) is 6.20 Å². The summed E-state index contributed by atoms with van der Waals surface area (Å²) in [4.78, 5) is 56.7. The number of anilines is 1. The standard InChI is InChI=1S/C24H39N7O6/c1-6-9-10-30(5)14-20(32)17(11-21(33)34)28-23(35)19(8-3)31-13-16(7-2)27-22(24(31)36)26-12-18(29-37)15(4)25/h13,17,19,25,37H,6-12,14H2,1-5H3,(H,26,27)(H,28,35)(H,33,34)/b25-15?,29-18-. The van der Waals surface area contributed by atoms with E-state index in [1.165, 1.54) is 17.7 Å². The number of carbonyl (C=O) groups is 3. The normalized spacial score (nSPS) is 13.2. The summed E-state index contributed by atoms with van der Waals surface area (Å²) in [6.45, 7) is 7.48. The summed E-state index contributed by atoms with van der Waals surface area (Å²) in [7, 11) is 1.76. The van der Waals surface area contributed by atoms with Gasteiger partial charge in [0.2, 0.25) is 5.91 Å². The number of Topliss-reactive ketones (excluding diaryl/α,β-unsaturated/α-hetero) is 1. The van der Waals surface area contributed by atoms with Gasteiger partial charge in [0.25, 0.3) is 5.56 Å². The van der Waals surface area contributed by atoms with Crippen LogP contribution in [-0.2, 0) is 20.8 Å². The average Bonchev–Trinajstić information content (AvgIpc) is 2.84. The van der Waals surface area contributed by atoms with Crippen LogP contribution in [0.2, 0.25) is 0 Å². The molecule has 0 aliphatic heterocycles. The number of aliphatic carboxylic acids is 1. The van der Waals surface area contributed by atoms with Crippen molar-refractivity contribution < 1.29 is 24.7 Å². The Morgan fingerprint density at radius 1 is 1.27 bits per heavy atom. The third-order valence-electron chi connectivity index (χ3n) is 5.75. The second-order valence-electron chi connectivity index (χ2n) is 8.81. The molecule has 1 rings (SSSR count). The van der Waals surface area contributed by atoms with Crippen LogP contribution in [0.4, 0.5) is 5.82 Å². The van der Waals surface area contributed by atoms with Gasteiger partial charge in [-0.15, -0.1) is 0 Å². The Balaban J connectivity index is 3.24. The highest BCUT2D eigenvalue weighted by atomic mass is 16.4. The molecule has 2 atom stereocenters. The lowest BCUT2D eigenvalue weighted by Crippen LogP contribution is -2.49. The fourth-order valence-electron chi connectivity index (χ4n) is 3.57. The molecule has 13 nitrogen and oxygen atoms in total. The molecule has 0 radical (unpaired) electrons. The number of carbonyl (C=O) groups excluding carboxylic acids is 2. The van der Waals surface area contributed by atoms with Crippen molar-refractivity contribution in [1.29, 1.82) is 5.41 Å². The fourth-order valence-corrected chi connectivity index (χ4v) is 3.57. The van der Waals surface area contributed by atoms with Crippen molar-refractivity contribution >= 4 is 34.9 Å². The Labute approximate surface area is 216 Å². The molecule has 0 aromatic carbocycles. The molecule has 1 aromatic rings. The molecule has 13 heteroatoms. The van der Waals surface area contributed by atoms with E-state index >= 15 is 0 Å². The number of carboxylic acids is 1. The van der Waals surface area contributed by atoms with Gasteiger partial charge in [0.15, 0.2) is 11.6 Å². The average molecular weight is 522 g/mol. The SMILES string of the molecule is CCCCN(C)CC(=O)C(CC(=O)O)NC(=O)C(CC)n1cc(CC)nc(NC/C(=N/O)C(C)=N)c1=O. The van der Waals surface area contributed by atoms with Crippen molar-refractivity contribution in [3.63, 3.8) is 0 Å². The summed E-state index contributed by atoms with van der Waals surface area (Å²) in [6.07, 6.45) is 3.33. The van der Waals surface area contributed by atoms with Gasteiger partial charge in [-0.05, 0) is 39.8 Å². The molecule has 0 aliphatic carbocycles. The number of oxime groups is 1. The van der Waals surface area contributed by atoms with Crippen molar-refractivity contribution in [3.8, 4) is 0 Å². The lowest BCUT2D eigenvalue weighted by molar-refractivity contribution is -0.140. The van der Waals surface area contributed by atoms with E-state index in [1.54, 1.807) is 18.9 Å². The van der Waals surface area contributed by atoms with E-state index < -0.39 is 41.7 Å². The van der Waals surface area contributed by atoms with E-state index in [-0.39, 0.29) is 36.8 Å². The number of rotatable bonds is 17. The Bertz CT molecular complexity index is 1050. The van der Waals surface area contributed by atoms with Crippen LogP contribution in [-0.4, -0.2) is 86.6 Å². The van der Waals surface area contributed by atoms with Crippen LogP contribution < -0.4 is 16.2 Å². The number of likely N-dealkylation sites (N-methyl/N-ethyl adjacent to an activating group) is 1. The molecule has 206 valence electrons. The van der Waals surface area contributed by atoms with Crippen LogP contribution in [0.15, 0.2) is 16.1 Å². The number of aromatic nitrogens is 2. The predicted octanol–water partition coefficient (Wildman–Crippen LogP) is 1.30. The minimum absolute atomic E-state index is 0.00209. The largest absolute Gasteiger partial charge is 0.481 e. The Morgan fingerprint density at radius 2 is 1.95 bits per heavy atom. The highest BCUT2D eigenvalue weighted by molar-refractivity contribution is 6.41. The smallest absolute Gasteiger partial charge is 0.305 e. The third kappa shape index (κ3) is 9.75. The molecule has 0 saturated heterocycles. The van der Waals surface area contributed by atoms with Crippen LogP contribution in [0, 0.1) is 5.41 Å². The first-order valence-electron chi connectivity index (χ1n) is 12.3. The summed E-state index contributed by atoms with van der Waals surface area (Å²) < 4.78 is 1.20. The van der Waals surface area contributed by atoms with Gasteiger partial charge in [-0.2, -0.15) is 0 Å². The lowest BCUT2D eigenvalue weighted by atomic mass is 10.1. The molecule has 0 bridgehead atoms. The molecule has 1 amide bonds. The Morgan fingerprint density at radius 3 is 2.46 bits per heavy atom. The first-order chi connectivity index (χ1) is 17.5. The van der Waals surface area contributed by atoms with Crippen molar-refractivity contribution in [2.24, 2.45) is 5.16 Å². The lowest BCUT2D eigenvalue weighted by Gasteiger charge is -2.24. The summed E-state index contributed by atoms with van der Waals surface area (Å²) >= 11 is 0. The minimum atomic E-state index is -1.25. The first-order valence-corrected chi connectivity index (χ1v) is 12.3. The van der Waals surface area contributed by atoms with Crippen molar-refractivity contribution in [3.05, 3.63) is 22.2 Å². The second-order valence-corrected chi connectivity index (χ2v) is 8.81. The summed E-state index contributed by atoms with van der Waals surface area (Å²) in [5, 5.41) is 34.3. The number of hydrogen-bond acceptors (Lipinski definition) is 10. The molecule has 37 heavy (non-hydrogen) atoms. The highest BCUT2D eigenvalue weighted by Gasteiger charge is 2.29. The van der Waals surface area contributed by atoms with E-state index in [1.807, 2.05) is 13.8 Å². The molecule has 0 spiro atoms. The number of hydrogen-bond donors (Lipinski definition) is 5. The molecule has 1 heterocycles. The Hall–Kier alpha value is -3.61. The maximum Gasteiger partial charge on any atom is 0.305 e. The summed E-state index contributed by atoms with van der Waals surface area (Å²) in [5.41, 5.74) is -0.113.